The minimum absolute atomic E-state index is 0.0473. The van der Waals surface area contributed by atoms with Crippen molar-refractivity contribution >= 4 is 11.9 Å². The number of ether oxygens (including phenoxy) is 1. The maximum atomic E-state index is 12.8. The molecule has 0 heterocycles. The van der Waals surface area contributed by atoms with Crippen LogP contribution in [0.5, 0.6) is 0 Å². The van der Waals surface area contributed by atoms with E-state index in [1.807, 2.05) is 0 Å². The highest BCUT2D eigenvalue weighted by Crippen LogP contribution is 2.21. The lowest BCUT2D eigenvalue weighted by molar-refractivity contribution is -0.149. The summed E-state index contributed by atoms with van der Waals surface area (Å²) in [4.78, 5) is 23.4. The third-order valence-electron chi connectivity index (χ3n) is 8.42. The Bertz CT molecular complexity index is 533. The van der Waals surface area contributed by atoms with Gasteiger partial charge in [0.1, 0.15) is 0 Å². The molecule has 4 nitrogen and oxygen atoms in total. The zero-order valence-electron chi connectivity index (χ0n) is 27.2. The molecule has 1 unspecified atom stereocenters. The fraction of sp³-hybridized carbons (Fsp3) is 0.944. The predicted octanol–water partition coefficient (Wildman–Crippen LogP) is 12.0. The molecule has 0 aromatic rings. The van der Waals surface area contributed by atoms with Gasteiger partial charge >= 0.3 is 11.9 Å². The molecule has 40 heavy (non-hydrogen) atoms. The van der Waals surface area contributed by atoms with E-state index in [1.165, 1.54) is 128 Å². The number of esters is 1. The van der Waals surface area contributed by atoms with Gasteiger partial charge in [-0.25, -0.2) is 0 Å². The molecular weight excluding hydrogens is 496 g/mol. The first-order valence-corrected chi connectivity index (χ1v) is 18.0. The molecule has 0 rings (SSSR count). The smallest absolute Gasteiger partial charge is 0.308 e. The molecule has 0 aliphatic carbocycles. The van der Waals surface area contributed by atoms with Gasteiger partial charge in [-0.1, -0.05) is 174 Å². The first kappa shape index (κ1) is 38.9. The predicted molar refractivity (Wildman–Crippen MR) is 172 cm³/mol. The van der Waals surface area contributed by atoms with Gasteiger partial charge in [0.15, 0.2) is 0 Å². The fourth-order valence-electron chi connectivity index (χ4n) is 5.69. The monoisotopic (exact) mass is 567 g/mol. The van der Waals surface area contributed by atoms with Crippen molar-refractivity contribution in [1.82, 2.24) is 0 Å². The van der Waals surface area contributed by atoms with Gasteiger partial charge in [0, 0.05) is 6.42 Å². The molecule has 0 amide bonds. The Labute approximate surface area is 250 Å². The lowest BCUT2D eigenvalue weighted by Crippen LogP contribution is -2.18. The Morgan fingerprint density at radius 2 is 0.800 bits per heavy atom. The van der Waals surface area contributed by atoms with Crippen molar-refractivity contribution in [3.63, 3.8) is 0 Å². The molecule has 1 N–H and O–H groups in total. The Morgan fingerprint density at radius 3 is 1.20 bits per heavy atom. The van der Waals surface area contributed by atoms with Gasteiger partial charge in [-0.3, -0.25) is 9.59 Å². The fourth-order valence-corrected chi connectivity index (χ4v) is 5.69. The summed E-state index contributed by atoms with van der Waals surface area (Å²) < 4.78 is 5.74. The third kappa shape index (κ3) is 29.9. The van der Waals surface area contributed by atoms with Crippen LogP contribution in [0.1, 0.15) is 206 Å². The Balaban J connectivity index is 3.75. The Kier molecular flexibility index (Phi) is 31.6. The normalized spacial score (nSPS) is 12.1. The summed E-state index contributed by atoms with van der Waals surface area (Å²) in [6, 6.07) is 0. The van der Waals surface area contributed by atoms with E-state index in [2.05, 4.69) is 13.8 Å². The standard InChI is InChI=1S/C36H70O4/c1-3-5-7-9-10-11-12-13-14-15-16-17-18-22-25-29-33-40-36(39)34(30-26-8-6-4-2)31-27-23-20-19-21-24-28-32-35(37)38/h34H,3-33H2,1-2H3,(H,37,38). The molecule has 0 radical (unpaired) electrons. The number of rotatable bonds is 33. The summed E-state index contributed by atoms with van der Waals surface area (Å²) in [6.45, 7) is 5.11. The molecule has 0 aliphatic rings. The molecule has 4 heteroatoms. The average Bonchev–Trinajstić information content (AvgIpc) is 2.94. The molecule has 0 bridgehead atoms. The van der Waals surface area contributed by atoms with Crippen LogP contribution in [0.2, 0.25) is 0 Å². The van der Waals surface area contributed by atoms with Gasteiger partial charge in [-0.15, -0.1) is 0 Å². The second-order valence-corrected chi connectivity index (χ2v) is 12.4. The van der Waals surface area contributed by atoms with E-state index in [4.69, 9.17) is 9.84 Å². The summed E-state index contributed by atoms with van der Waals surface area (Å²) in [5, 5.41) is 8.71. The number of carboxylic acid groups (broad SMARTS) is 1. The van der Waals surface area contributed by atoms with Crippen LogP contribution >= 0.6 is 0 Å². The van der Waals surface area contributed by atoms with Crippen LogP contribution in [0, 0.1) is 5.92 Å². The van der Waals surface area contributed by atoms with E-state index >= 15 is 0 Å². The molecular formula is C36H70O4. The summed E-state index contributed by atoms with van der Waals surface area (Å²) in [5.41, 5.74) is 0. The van der Waals surface area contributed by atoms with Crippen LogP contribution in [-0.2, 0) is 14.3 Å². The number of aliphatic carboxylic acids is 1. The molecule has 0 saturated carbocycles. The molecule has 1 atom stereocenters. The van der Waals surface area contributed by atoms with Crippen LogP contribution in [0.15, 0.2) is 0 Å². The van der Waals surface area contributed by atoms with Crippen molar-refractivity contribution in [3.05, 3.63) is 0 Å². The quantitative estimate of drug-likeness (QED) is 0.0633. The topological polar surface area (TPSA) is 63.6 Å². The SMILES string of the molecule is CCCCCCCCCCCCCCCCCCOC(=O)C(CCCCCC)CCCCCCCCCC(=O)O. The van der Waals surface area contributed by atoms with Gasteiger partial charge in [0.05, 0.1) is 12.5 Å². The van der Waals surface area contributed by atoms with E-state index in [0.717, 1.165) is 57.8 Å². The lowest BCUT2D eigenvalue weighted by Gasteiger charge is -2.16. The number of unbranched alkanes of at least 4 members (excludes halogenated alkanes) is 24. The Hall–Kier alpha value is -1.06. The first-order chi connectivity index (χ1) is 19.6. The van der Waals surface area contributed by atoms with Crippen molar-refractivity contribution in [3.8, 4) is 0 Å². The van der Waals surface area contributed by atoms with Crippen LogP contribution in [0.3, 0.4) is 0 Å². The van der Waals surface area contributed by atoms with E-state index in [1.54, 1.807) is 0 Å². The second kappa shape index (κ2) is 32.5. The maximum Gasteiger partial charge on any atom is 0.308 e. The third-order valence-corrected chi connectivity index (χ3v) is 8.42. The van der Waals surface area contributed by atoms with Gasteiger partial charge in [0.25, 0.3) is 0 Å². The minimum Gasteiger partial charge on any atom is -0.481 e. The van der Waals surface area contributed by atoms with Gasteiger partial charge < -0.3 is 9.84 Å². The summed E-state index contributed by atoms with van der Waals surface area (Å²) in [7, 11) is 0. The number of carbonyl (C=O) groups excluding carboxylic acids is 1. The van der Waals surface area contributed by atoms with Gasteiger partial charge in [-0.2, -0.15) is 0 Å². The van der Waals surface area contributed by atoms with E-state index in [9.17, 15) is 9.59 Å². The zero-order valence-corrected chi connectivity index (χ0v) is 27.2. The van der Waals surface area contributed by atoms with Crippen LogP contribution in [0.25, 0.3) is 0 Å². The first-order valence-electron chi connectivity index (χ1n) is 18.0. The number of hydrogen-bond donors (Lipinski definition) is 1. The minimum atomic E-state index is -0.688. The second-order valence-electron chi connectivity index (χ2n) is 12.4. The van der Waals surface area contributed by atoms with Gasteiger partial charge in [0.2, 0.25) is 0 Å². The number of carboxylic acids is 1. The van der Waals surface area contributed by atoms with Crippen LogP contribution in [-0.4, -0.2) is 23.7 Å². The van der Waals surface area contributed by atoms with Crippen LogP contribution < -0.4 is 0 Å². The van der Waals surface area contributed by atoms with Crippen molar-refractivity contribution < 1.29 is 19.4 Å². The Morgan fingerprint density at radius 1 is 0.475 bits per heavy atom. The summed E-state index contributed by atoms with van der Waals surface area (Å²) in [5.74, 6) is -0.564. The number of carbonyl (C=O) groups is 2. The molecule has 0 spiro atoms. The van der Waals surface area contributed by atoms with E-state index in [0.29, 0.717) is 13.0 Å². The lowest BCUT2D eigenvalue weighted by atomic mass is 9.94. The maximum absolute atomic E-state index is 12.8. The highest BCUT2D eigenvalue weighted by atomic mass is 16.5. The zero-order chi connectivity index (χ0) is 29.4. The van der Waals surface area contributed by atoms with E-state index < -0.39 is 5.97 Å². The van der Waals surface area contributed by atoms with E-state index in [-0.39, 0.29) is 11.9 Å². The number of hydrogen-bond acceptors (Lipinski definition) is 3. The van der Waals surface area contributed by atoms with Gasteiger partial charge in [-0.05, 0) is 25.7 Å². The molecule has 0 saturated heterocycles. The highest BCUT2D eigenvalue weighted by molar-refractivity contribution is 5.72. The molecule has 0 aliphatic heterocycles. The summed E-state index contributed by atoms with van der Waals surface area (Å²) >= 11 is 0. The van der Waals surface area contributed by atoms with Crippen molar-refractivity contribution in [2.75, 3.05) is 6.61 Å². The molecule has 0 fully saturated rings. The average molecular weight is 567 g/mol. The largest absolute Gasteiger partial charge is 0.481 e. The van der Waals surface area contributed by atoms with Crippen molar-refractivity contribution in [2.45, 2.75) is 206 Å². The van der Waals surface area contributed by atoms with Crippen LogP contribution in [0.4, 0.5) is 0 Å². The molecule has 0 aromatic heterocycles. The molecule has 238 valence electrons. The van der Waals surface area contributed by atoms with Crippen molar-refractivity contribution in [2.24, 2.45) is 5.92 Å². The molecule has 0 aromatic carbocycles. The summed E-state index contributed by atoms with van der Waals surface area (Å²) in [6.07, 6.45) is 36.3. The highest BCUT2D eigenvalue weighted by Gasteiger charge is 2.19. The van der Waals surface area contributed by atoms with Crippen molar-refractivity contribution in [1.29, 1.82) is 0 Å².